The summed E-state index contributed by atoms with van der Waals surface area (Å²) >= 11 is 0. The van der Waals surface area contributed by atoms with Crippen molar-refractivity contribution in [3.8, 4) is 11.3 Å². The SMILES string of the molecule is CNC(=O)c1cc(F)c(-c2nc3cc(C(F)(F)F)ccn3c2CC2CN(C(=O)O)CCO2)c(F)c1. The van der Waals surface area contributed by atoms with Gasteiger partial charge in [-0.25, -0.2) is 18.6 Å². The lowest BCUT2D eigenvalue weighted by molar-refractivity contribution is -0.137. The number of amides is 2. The van der Waals surface area contributed by atoms with Crippen molar-refractivity contribution in [2.24, 2.45) is 0 Å². The van der Waals surface area contributed by atoms with Gasteiger partial charge in [-0.05, 0) is 24.3 Å². The van der Waals surface area contributed by atoms with Gasteiger partial charge < -0.3 is 24.5 Å². The maximum absolute atomic E-state index is 15.1. The molecule has 0 aliphatic carbocycles. The standard InChI is InChI=1S/C22H19F5N4O4/c1-28-20(32)11-6-14(23)18(15(24)7-11)19-16(9-13-10-30(21(33)34)4-5-35-13)31-3-2-12(22(25,26)27)8-17(31)29-19/h2-3,6-8,13H,4-5,9-10H2,1H3,(H,28,32)(H,33,34). The molecule has 2 aromatic heterocycles. The number of hydrogen-bond acceptors (Lipinski definition) is 4. The highest BCUT2D eigenvalue weighted by Gasteiger charge is 2.33. The molecule has 186 valence electrons. The normalized spacial score (nSPS) is 16.5. The van der Waals surface area contributed by atoms with Crippen LogP contribution in [-0.4, -0.2) is 64.2 Å². The van der Waals surface area contributed by atoms with Crippen molar-refractivity contribution < 1.29 is 41.4 Å². The first-order chi connectivity index (χ1) is 16.5. The highest BCUT2D eigenvalue weighted by Crippen LogP contribution is 2.34. The van der Waals surface area contributed by atoms with Crippen LogP contribution in [-0.2, 0) is 17.3 Å². The number of hydrogen-bond donors (Lipinski definition) is 2. The van der Waals surface area contributed by atoms with Gasteiger partial charge >= 0.3 is 12.3 Å². The van der Waals surface area contributed by atoms with E-state index in [9.17, 15) is 27.9 Å². The van der Waals surface area contributed by atoms with Gasteiger partial charge in [0.25, 0.3) is 5.91 Å². The van der Waals surface area contributed by atoms with Crippen LogP contribution in [0.25, 0.3) is 16.9 Å². The van der Waals surface area contributed by atoms with Gasteiger partial charge in [-0.1, -0.05) is 0 Å². The van der Waals surface area contributed by atoms with Gasteiger partial charge in [0.15, 0.2) is 0 Å². The Morgan fingerprint density at radius 3 is 2.51 bits per heavy atom. The summed E-state index contributed by atoms with van der Waals surface area (Å²) < 4.78 is 76.7. The summed E-state index contributed by atoms with van der Waals surface area (Å²) in [6.45, 7) is 0.152. The van der Waals surface area contributed by atoms with Crippen molar-refractivity contribution in [3.63, 3.8) is 0 Å². The number of rotatable bonds is 4. The number of benzene rings is 1. The first-order valence-corrected chi connectivity index (χ1v) is 10.4. The monoisotopic (exact) mass is 498 g/mol. The van der Waals surface area contributed by atoms with E-state index in [0.717, 1.165) is 35.4 Å². The molecular formula is C22H19F5N4O4. The van der Waals surface area contributed by atoms with E-state index in [1.807, 2.05) is 0 Å². The molecule has 0 radical (unpaired) electrons. The number of carboxylic acid groups (broad SMARTS) is 1. The van der Waals surface area contributed by atoms with E-state index in [1.54, 1.807) is 0 Å². The maximum atomic E-state index is 15.1. The second kappa shape index (κ2) is 9.13. The molecule has 1 unspecified atom stereocenters. The number of nitrogens with one attached hydrogen (secondary N) is 1. The lowest BCUT2D eigenvalue weighted by Crippen LogP contribution is -2.45. The van der Waals surface area contributed by atoms with Crippen LogP contribution in [0.5, 0.6) is 0 Å². The second-order valence-corrected chi connectivity index (χ2v) is 7.87. The lowest BCUT2D eigenvalue weighted by Gasteiger charge is -2.31. The van der Waals surface area contributed by atoms with E-state index >= 15 is 8.78 Å². The Labute approximate surface area is 194 Å². The second-order valence-electron chi connectivity index (χ2n) is 7.87. The van der Waals surface area contributed by atoms with E-state index in [4.69, 9.17) is 4.74 Å². The van der Waals surface area contributed by atoms with Gasteiger partial charge in [0, 0.05) is 31.8 Å². The van der Waals surface area contributed by atoms with Crippen LogP contribution in [0.1, 0.15) is 21.6 Å². The predicted octanol–water partition coefficient (Wildman–Crippen LogP) is 3.58. The van der Waals surface area contributed by atoms with Crippen molar-refractivity contribution in [2.45, 2.75) is 18.7 Å². The molecule has 0 bridgehead atoms. The van der Waals surface area contributed by atoms with Crippen molar-refractivity contribution in [1.82, 2.24) is 19.6 Å². The van der Waals surface area contributed by atoms with Gasteiger partial charge in [-0.3, -0.25) is 4.79 Å². The van der Waals surface area contributed by atoms with E-state index in [2.05, 4.69) is 10.3 Å². The molecule has 1 fully saturated rings. The van der Waals surface area contributed by atoms with E-state index in [-0.39, 0.29) is 48.7 Å². The zero-order valence-electron chi connectivity index (χ0n) is 18.2. The van der Waals surface area contributed by atoms with Crippen molar-refractivity contribution >= 4 is 17.6 Å². The van der Waals surface area contributed by atoms with Crippen molar-refractivity contribution in [3.05, 3.63) is 58.9 Å². The third-order valence-corrected chi connectivity index (χ3v) is 5.65. The Morgan fingerprint density at radius 2 is 1.91 bits per heavy atom. The van der Waals surface area contributed by atoms with Gasteiger partial charge in [-0.2, -0.15) is 13.2 Å². The summed E-state index contributed by atoms with van der Waals surface area (Å²) in [6.07, 6.45) is -5.60. The fourth-order valence-corrected chi connectivity index (χ4v) is 3.97. The number of pyridine rings is 1. The molecule has 4 rings (SSSR count). The van der Waals surface area contributed by atoms with Gasteiger partial charge in [0.05, 0.1) is 41.8 Å². The first kappa shape index (κ1) is 24.4. The number of morpholine rings is 1. The maximum Gasteiger partial charge on any atom is 0.416 e. The fourth-order valence-electron chi connectivity index (χ4n) is 3.97. The molecule has 3 aromatic rings. The Bertz CT molecular complexity index is 1280. The van der Waals surface area contributed by atoms with E-state index in [1.165, 1.54) is 11.4 Å². The Kier molecular flexibility index (Phi) is 6.36. The summed E-state index contributed by atoms with van der Waals surface area (Å²) in [7, 11) is 1.29. The highest BCUT2D eigenvalue weighted by molar-refractivity contribution is 5.94. The molecule has 35 heavy (non-hydrogen) atoms. The van der Waals surface area contributed by atoms with E-state index in [0.29, 0.717) is 0 Å². The minimum Gasteiger partial charge on any atom is -0.465 e. The summed E-state index contributed by atoms with van der Waals surface area (Å²) in [5.74, 6) is -3.01. The highest BCUT2D eigenvalue weighted by atomic mass is 19.4. The lowest BCUT2D eigenvalue weighted by atomic mass is 10.0. The zero-order valence-corrected chi connectivity index (χ0v) is 18.2. The number of halogens is 5. The Balaban J connectivity index is 1.86. The Morgan fingerprint density at radius 1 is 1.23 bits per heavy atom. The van der Waals surface area contributed by atoms with Crippen LogP contribution < -0.4 is 5.32 Å². The zero-order chi connectivity index (χ0) is 25.5. The number of carbonyl (C=O) groups is 2. The summed E-state index contributed by atoms with van der Waals surface area (Å²) in [6, 6.07) is 3.15. The van der Waals surface area contributed by atoms with Crippen LogP contribution in [0.2, 0.25) is 0 Å². The van der Waals surface area contributed by atoms with Gasteiger partial charge in [-0.15, -0.1) is 0 Å². The molecular weight excluding hydrogens is 479 g/mol. The molecule has 1 aliphatic rings. The van der Waals surface area contributed by atoms with Gasteiger partial charge in [0.2, 0.25) is 0 Å². The minimum atomic E-state index is -4.67. The average Bonchev–Trinajstić information content (AvgIpc) is 3.14. The molecule has 2 amide bonds. The molecule has 1 aromatic carbocycles. The topological polar surface area (TPSA) is 96.2 Å². The molecule has 0 spiro atoms. The summed E-state index contributed by atoms with van der Waals surface area (Å²) in [4.78, 5) is 28.4. The number of alkyl halides is 3. The number of carbonyl (C=O) groups excluding carboxylic acids is 1. The first-order valence-electron chi connectivity index (χ1n) is 10.4. The smallest absolute Gasteiger partial charge is 0.416 e. The number of ether oxygens (including phenoxy) is 1. The van der Waals surface area contributed by atoms with Crippen LogP contribution in [0.15, 0.2) is 30.5 Å². The molecule has 0 saturated carbocycles. The molecule has 2 N–H and O–H groups in total. The van der Waals surface area contributed by atoms with Crippen molar-refractivity contribution in [2.75, 3.05) is 26.7 Å². The van der Waals surface area contributed by atoms with Crippen LogP contribution in [0, 0.1) is 11.6 Å². The van der Waals surface area contributed by atoms with Crippen LogP contribution in [0.4, 0.5) is 26.7 Å². The molecule has 1 aliphatic heterocycles. The number of imidazole rings is 1. The quantitative estimate of drug-likeness (QED) is 0.537. The van der Waals surface area contributed by atoms with Crippen LogP contribution >= 0.6 is 0 Å². The average molecular weight is 498 g/mol. The molecule has 3 heterocycles. The Hall–Kier alpha value is -3.74. The number of nitrogens with zero attached hydrogens (tertiary/aromatic N) is 3. The number of fused-ring (bicyclic) bond motifs is 1. The van der Waals surface area contributed by atoms with E-state index < -0.39 is 47.0 Å². The summed E-state index contributed by atoms with van der Waals surface area (Å²) in [5, 5.41) is 11.5. The molecule has 13 heteroatoms. The third kappa shape index (κ3) is 4.76. The number of aromatic nitrogens is 2. The third-order valence-electron chi connectivity index (χ3n) is 5.65. The molecule has 8 nitrogen and oxygen atoms in total. The van der Waals surface area contributed by atoms with Crippen LogP contribution in [0.3, 0.4) is 0 Å². The molecule has 1 saturated heterocycles. The van der Waals surface area contributed by atoms with Crippen molar-refractivity contribution in [1.29, 1.82) is 0 Å². The molecule has 1 atom stereocenters. The minimum absolute atomic E-state index is 0.0524. The largest absolute Gasteiger partial charge is 0.465 e. The van der Waals surface area contributed by atoms with Gasteiger partial charge in [0.1, 0.15) is 17.3 Å². The predicted molar refractivity (Wildman–Crippen MR) is 112 cm³/mol. The fraction of sp³-hybridized carbons (Fsp3) is 0.318. The summed E-state index contributed by atoms with van der Waals surface area (Å²) in [5.41, 5.74) is -2.30.